The Morgan fingerprint density at radius 1 is 0.966 bits per heavy atom. The molecule has 1 aliphatic heterocycles. The first-order valence-electron chi connectivity index (χ1n) is 10.1. The molecule has 1 aromatic heterocycles. The normalized spacial score (nSPS) is 17.7. The van der Waals surface area contributed by atoms with Crippen molar-refractivity contribution in [1.82, 2.24) is 9.47 Å². The predicted molar refractivity (Wildman–Crippen MR) is 109 cm³/mol. The van der Waals surface area contributed by atoms with Crippen LogP contribution in [0.1, 0.15) is 47.3 Å². The van der Waals surface area contributed by atoms with Gasteiger partial charge in [-0.2, -0.15) is 13.2 Å². The van der Waals surface area contributed by atoms with E-state index in [1.165, 1.54) is 29.0 Å². The van der Waals surface area contributed by atoms with E-state index >= 15 is 0 Å². The Bertz CT molecular complexity index is 974. The highest BCUT2D eigenvalue weighted by molar-refractivity contribution is 5.37. The largest absolute Gasteiger partial charge is 0.416 e. The number of benzene rings is 2. The number of fused-ring (bicyclic) bond motifs is 1. The van der Waals surface area contributed by atoms with Gasteiger partial charge < -0.3 is 4.57 Å². The van der Waals surface area contributed by atoms with E-state index < -0.39 is 11.7 Å². The van der Waals surface area contributed by atoms with Crippen LogP contribution in [-0.4, -0.2) is 16.0 Å². The number of hydrogen-bond donors (Lipinski definition) is 0. The molecule has 2 nitrogen and oxygen atoms in total. The molecule has 4 rings (SSSR count). The number of aryl methyl sites for hydroxylation is 2. The summed E-state index contributed by atoms with van der Waals surface area (Å²) in [6.07, 6.45) is -0.335. The molecule has 29 heavy (non-hydrogen) atoms. The maximum absolute atomic E-state index is 13.2. The van der Waals surface area contributed by atoms with Gasteiger partial charge in [0.2, 0.25) is 0 Å². The summed E-state index contributed by atoms with van der Waals surface area (Å²) in [7, 11) is 0. The highest BCUT2D eigenvalue weighted by atomic mass is 19.4. The highest BCUT2D eigenvalue weighted by Crippen LogP contribution is 2.36. The summed E-state index contributed by atoms with van der Waals surface area (Å²) < 4.78 is 41.9. The smallest absolute Gasteiger partial charge is 0.350 e. The third-order valence-electron chi connectivity index (χ3n) is 5.72. The molecular weight excluding hydrogens is 373 g/mol. The SMILES string of the molecule is CCc1ccccc1C1c2cccn2CCCN1Cc1cccc(C(F)(F)F)c1. The van der Waals surface area contributed by atoms with Crippen LogP contribution in [0.4, 0.5) is 13.2 Å². The van der Waals surface area contributed by atoms with Gasteiger partial charge in [0.15, 0.2) is 0 Å². The van der Waals surface area contributed by atoms with Crippen molar-refractivity contribution in [3.8, 4) is 0 Å². The van der Waals surface area contributed by atoms with Crippen LogP contribution in [0.25, 0.3) is 0 Å². The van der Waals surface area contributed by atoms with E-state index in [2.05, 4.69) is 59.0 Å². The van der Waals surface area contributed by atoms with Gasteiger partial charge >= 0.3 is 6.18 Å². The van der Waals surface area contributed by atoms with Gasteiger partial charge in [0.25, 0.3) is 0 Å². The van der Waals surface area contributed by atoms with Gasteiger partial charge in [-0.3, -0.25) is 4.90 Å². The highest BCUT2D eigenvalue weighted by Gasteiger charge is 2.32. The first kappa shape index (κ1) is 19.8. The molecule has 0 aliphatic carbocycles. The first-order chi connectivity index (χ1) is 14.0. The van der Waals surface area contributed by atoms with Crippen molar-refractivity contribution in [2.75, 3.05) is 6.54 Å². The van der Waals surface area contributed by atoms with Gasteiger partial charge in [-0.05, 0) is 47.7 Å². The lowest BCUT2D eigenvalue weighted by Crippen LogP contribution is -2.30. The Balaban J connectivity index is 1.75. The lowest BCUT2D eigenvalue weighted by molar-refractivity contribution is -0.137. The minimum atomic E-state index is -4.32. The number of aromatic nitrogens is 1. The van der Waals surface area contributed by atoms with E-state index in [1.54, 1.807) is 6.07 Å². The van der Waals surface area contributed by atoms with E-state index in [-0.39, 0.29) is 6.04 Å². The van der Waals surface area contributed by atoms with Crippen LogP contribution in [0.3, 0.4) is 0 Å². The van der Waals surface area contributed by atoms with Crippen molar-refractivity contribution in [3.05, 3.63) is 94.8 Å². The van der Waals surface area contributed by atoms with Gasteiger partial charge in [-0.25, -0.2) is 0 Å². The van der Waals surface area contributed by atoms with Crippen molar-refractivity contribution >= 4 is 0 Å². The molecule has 3 aromatic rings. The molecule has 2 heterocycles. The standard InChI is InChI=1S/C24H25F3N2/c1-2-19-9-3-4-11-21(19)23-22-12-6-13-28(22)14-7-15-29(23)17-18-8-5-10-20(16-18)24(25,26)27/h3-6,8-13,16,23H,2,7,14-15,17H2,1H3. The fourth-order valence-electron chi connectivity index (χ4n) is 4.37. The van der Waals surface area contributed by atoms with E-state index in [4.69, 9.17) is 0 Å². The zero-order chi connectivity index (χ0) is 20.4. The maximum atomic E-state index is 13.2. The topological polar surface area (TPSA) is 8.17 Å². The summed E-state index contributed by atoms with van der Waals surface area (Å²) in [4.78, 5) is 2.32. The minimum Gasteiger partial charge on any atom is -0.350 e. The Hall–Kier alpha value is -2.53. The van der Waals surface area contributed by atoms with Crippen molar-refractivity contribution in [2.24, 2.45) is 0 Å². The van der Waals surface area contributed by atoms with Crippen molar-refractivity contribution in [1.29, 1.82) is 0 Å². The van der Waals surface area contributed by atoms with Crippen LogP contribution in [0, 0.1) is 0 Å². The van der Waals surface area contributed by atoms with E-state index in [0.717, 1.165) is 32.0 Å². The lowest BCUT2D eigenvalue weighted by Gasteiger charge is -2.32. The fourth-order valence-corrected chi connectivity index (χ4v) is 4.37. The van der Waals surface area contributed by atoms with E-state index in [1.807, 2.05) is 0 Å². The van der Waals surface area contributed by atoms with Crippen LogP contribution >= 0.6 is 0 Å². The third-order valence-corrected chi connectivity index (χ3v) is 5.72. The zero-order valence-corrected chi connectivity index (χ0v) is 16.5. The van der Waals surface area contributed by atoms with Crippen molar-refractivity contribution < 1.29 is 13.2 Å². The summed E-state index contributed by atoms with van der Waals surface area (Å²) in [5.41, 5.74) is 3.83. The monoisotopic (exact) mass is 398 g/mol. The molecule has 1 unspecified atom stereocenters. The summed E-state index contributed by atoms with van der Waals surface area (Å²) in [6.45, 7) is 4.39. The first-order valence-corrected chi connectivity index (χ1v) is 10.1. The summed E-state index contributed by atoms with van der Waals surface area (Å²) in [5.74, 6) is 0. The minimum absolute atomic E-state index is 0.0261. The third kappa shape index (κ3) is 4.10. The Morgan fingerprint density at radius 2 is 1.79 bits per heavy atom. The second kappa shape index (κ2) is 8.07. The quantitative estimate of drug-likeness (QED) is 0.518. The van der Waals surface area contributed by atoms with E-state index in [9.17, 15) is 13.2 Å². The molecule has 0 bridgehead atoms. The number of nitrogens with zero attached hydrogens (tertiary/aromatic N) is 2. The molecule has 2 aromatic carbocycles. The summed E-state index contributed by atoms with van der Waals surface area (Å²) in [6, 6.07) is 18.4. The molecule has 1 aliphatic rings. The Morgan fingerprint density at radius 3 is 2.59 bits per heavy atom. The average Bonchev–Trinajstić information content (AvgIpc) is 3.09. The predicted octanol–water partition coefficient (Wildman–Crippen LogP) is 6.06. The molecule has 1 atom stereocenters. The molecule has 5 heteroatoms. The fraction of sp³-hybridized carbons (Fsp3) is 0.333. The van der Waals surface area contributed by atoms with Gasteiger partial charge in [-0.15, -0.1) is 0 Å². The van der Waals surface area contributed by atoms with Crippen molar-refractivity contribution in [3.63, 3.8) is 0 Å². The van der Waals surface area contributed by atoms with Crippen LogP contribution in [0.5, 0.6) is 0 Å². The second-order valence-electron chi connectivity index (χ2n) is 7.60. The molecule has 0 spiro atoms. The lowest BCUT2D eigenvalue weighted by atomic mass is 9.94. The number of halogens is 3. The van der Waals surface area contributed by atoms with Gasteiger partial charge in [0.05, 0.1) is 11.6 Å². The van der Waals surface area contributed by atoms with Crippen LogP contribution in [-0.2, 0) is 25.7 Å². The number of alkyl halides is 3. The van der Waals surface area contributed by atoms with E-state index in [0.29, 0.717) is 12.1 Å². The Labute approximate surface area is 169 Å². The zero-order valence-electron chi connectivity index (χ0n) is 16.5. The molecule has 152 valence electrons. The van der Waals surface area contributed by atoms with Crippen LogP contribution < -0.4 is 0 Å². The van der Waals surface area contributed by atoms with Crippen LogP contribution in [0.15, 0.2) is 66.9 Å². The molecule has 0 fully saturated rings. The van der Waals surface area contributed by atoms with Gasteiger partial charge in [0.1, 0.15) is 0 Å². The second-order valence-corrected chi connectivity index (χ2v) is 7.60. The van der Waals surface area contributed by atoms with Gasteiger partial charge in [0, 0.05) is 31.5 Å². The Kier molecular flexibility index (Phi) is 5.50. The van der Waals surface area contributed by atoms with Gasteiger partial charge in [-0.1, -0.05) is 49.4 Å². The maximum Gasteiger partial charge on any atom is 0.416 e. The number of rotatable bonds is 4. The molecule has 0 N–H and O–H groups in total. The summed E-state index contributed by atoms with van der Waals surface area (Å²) >= 11 is 0. The molecule has 0 saturated carbocycles. The number of hydrogen-bond acceptors (Lipinski definition) is 1. The average molecular weight is 398 g/mol. The molecule has 0 radical (unpaired) electrons. The molecule has 0 amide bonds. The molecule has 0 saturated heterocycles. The van der Waals surface area contributed by atoms with Crippen LogP contribution in [0.2, 0.25) is 0 Å². The summed E-state index contributed by atoms with van der Waals surface area (Å²) in [5, 5.41) is 0. The van der Waals surface area contributed by atoms with Crippen molar-refractivity contribution in [2.45, 2.75) is 45.1 Å². The molecular formula is C24H25F3N2.